The maximum Gasteiger partial charge on any atom is 1.00 e. The summed E-state index contributed by atoms with van der Waals surface area (Å²) in [6, 6.07) is 8.10. The van der Waals surface area contributed by atoms with Crippen molar-refractivity contribution in [2.45, 2.75) is 6.61 Å². The smallest absolute Gasteiger partial charge is 1.00 e. The summed E-state index contributed by atoms with van der Waals surface area (Å²) in [7, 11) is 0. The van der Waals surface area contributed by atoms with Gasteiger partial charge in [-0.2, -0.15) is 0 Å². The summed E-state index contributed by atoms with van der Waals surface area (Å²) in [5.41, 5.74) is 1.16. The minimum atomic E-state index is -0.350. The van der Waals surface area contributed by atoms with Crippen LogP contribution in [0.2, 0.25) is 0 Å². The molecule has 0 aliphatic rings. The van der Waals surface area contributed by atoms with Crippen LogP contribution in [0.5, 0.6) is 0 Å². The van der Waals surface area contributed by atoms with E-state index in [-0.39, 0.29) is 57.6 Å². The molecular formula is C14H11BBr2F2NaO2. The van der Waals surface area contributed by atoms with E-state index in [9.17, 15) is 13.6 Å². The topological polar surface area (TPSA) is 37.3 Å². The Bertz CT molecular complexity index is 621. The van der Waals surface area contributed by atoms with Crippen LogP contribution in [0.3, 0.4) is 0 Å². The molecule has 0 aromatic heterocycles. The largest absolute Gasteiger partial charge is 1.00 e. The van der Waals surface area contributed by atoms with Crippen LogP contribution in [0.1, 0.15) is 17.3 Å². The Morgan fingerprint density at radius 2 is 1.55 bits per heavy atom. The predicted octanol–water partition coefficient (Wildman–Crippen LogP) is 1.22. The third-order valence-corrected chi connectivity index (χ3v) is 3.70. The molecule has 2 aromatic carbocycles. The van der Waals surface area contributed by atoms with Crippen molar-refractivity contribution in [2.75, 3.05) is 0 Å². The fourth-order valence-corrected chi connectivity index (χ4v) is 2.17. The summed E-state index contributed by atoms with van der Waals surface area (Å²) in [5.74, 6) is -0.651. The molecule has 0 atom stereocenters. The standard InChI is InChI=1S/C7H6BrFO.C7H4BrFO.B.Na.H/c2*8-7-3-6(9)2-1-5(7)4-10;;;/h1-3,10H,4H2;1-4H;;;/q;;;+1;-1. The molecule has 0 aliphatic heterocycles. The first-order valence-corrected chi connectivity index (χ1v) is 7.01. The molecule has 0 saturated carbocycles. The van der Waals surface area contributed by atoms with Gasteiger partial charge in [0.25, 0.3) is 0 Å². The number of aliphatic hydroxyl groups excluding tert-OH is 1. The van der Waals surface area contributed by atoms with E-state index < -0.39 is 0 Å². The summed E-state index contributed by atoms with van der Waals surface area (Å²) in [4.78, 5) is 10.2. The van der Waals surface area contributed by atoms with Crippen molar-refractivity contribution in [3.8, 4) is 0 Å². The predicted molar refractivity (Wildman–Crippen MR) is 86.4 cm³/mol. The Kier molecular flexibility index (Phi) is 13.6. The van der Waals surface area contributed by atoms with E-state index in [0.29, 0.717) is 26.4 Å². The Morgan fingerprint density at radius 1 is 1.05 bits per heavy atom. The van der Waals surface area contributed by atoms with Crippen molar-refractivity contribution in [3.63, 3.8) is 0 Å². The Morgan fingerprint density at radius 3 is 1.95 bits per heavy atom. The molecular weight excluding hydrogens is 432 g/mol. The number of hydrogen-bond donors (Lipinski definition) is 1. The summed E-state index contributed by atoms with van der Waals surface area (Å²) < 4.78 is 25.8. The summed E-state index contributed by atoms with van der Waals surface area (Å²) in [5, 5.41) is 8.66. The van der Waals surface area contributed by atoms with E-state index in [4.69, 9.17) is 5.11 Å². The molecule has 0 fully saturated rings. The molecule has 0 spiro atoms. The van der Waals surface area contributed by atoms with Crippen LogP contribution >= 0.6 is 31.9 Å². The Hall–Kier alpha value is -0.0451. The second-order valence-electron chi connectivity index (χ2n) is 3.68. The number of halogens is 4. The van der Waals surface area contributed by atoms with E-state index in [1.54, 1.807) is 6.07 Å². The SMILES string of the molecule is O=Cc1ccc(F)cc1Br.OCc1ccc(F)cc1Br.[B].[H-].[Na+]. The van der Waals surface area contributed by atoms with Crippen molar-refractivity contribution < 1.29 is 49.7 Å². The van der Waals surface area contributed by atoms with Gasteiger partial charge in [-0.25, -0.2) is 8.78 Å². The molecule has 2 nitrogen and oxygen atoms in total. The van der Waals surface area contributed by atoms with Gasteiger partial charge in [0.2, 0.25) is 0 Å². The van der Waals surface area contributed by atoms with E-state index in [1.165, 1.54) is 30.3 Å². The van der Waals surface area contributed by atoms with Gasteiger partial charge in [-0.15, -0.1) is 0 Å². The van der Waals surface area contributed by atoms with Gasteiger partial charge in [0.05, 0.1) is 6.61 Å². The molecule has 22 heavy (non-hydrogen) atoms. The zero-order valence-electron chi connectivity index (χ0n) is 12.7. The van der Waals surface area contributed by atoms with Crippen LogP contribution in [0.4, 0.5) is 8.78 Å². The molecule has 0 amide bonds. The molecule has 2 rings (SSSR count). The first-order valence-electron chi connectivity index (χ1n) is 5.43. The molecule has 1 N–H and O–H groups in total. The third-order valence-electron chi connectivity index (χ3n) is 2.27. The molecule has 0 saturated heterocycles. The van der Waals surface area contributed by atoms with Gasteiger partial charge in [-0.3, -0.25) is 4.79 Å². The fraction of sp³-hybridized carbons (Fsp3) is 0.0714. The van der Waals surface area contributed by atoms with Crippen LogP contribution in [0.15, 0.2) is 45.3 Å². The minimum absolute atomic E-state index is 0. The fourth-order valence-electron chi connectivity index (χ4n) is 1.25. The number of rotatable bonds is 2. The molecule has 0 heterocycles. The zero-order chi connectivity index (χ0) is 15.1. The number of benzene rings is 2. The van der Waals surface area contributed by atoms with Crippen molar-refractivity contribution in [1.82, 2.24) is 0 Å². The minimum Gasteiger partial charge on any atom is -1.00 e. The normalized spacial score (nSPS) is 8.77. The number of carbonyl (C=O) groups excluding carboxylic acids is 1. The number of aliphatic hydroxyl groups is 1. The van der Waals surface area contributed by atoms with Crippen molar-refractivity contribution in [1.29, 1.82) is 0 Å². The van der Waals surface area contributed by atoms with E-state index in [1.807, 2.05) is 0 Å². The number of carbonyl (C=O) groups is 1. The third kappa shape index (κ3) is 7.99. The maximum atomic E-state index is 12.4. The van der Waals surface area contributed by atoms with Gasteiger partial charge in [0.1, 0.15) is 11.6 Å². The van der Waals surface area contributed by atoms with Gasteiger partial charge in [-0.05, 0) is 51.8 Å². The second-order valence-corrected chi connectivity index (χ2v) is 5.39. The maximum absolute atomic E-state index is 12.4. The Balaban J connectivity index is -0.000000308. The average Bonchev–Trinajstić information content (AvgIpc) is 2.40. The first-order chi connectivity index (χ1) is 9.47. The summed E-state index contributed by atoms with van der Waals surface area (Å²) >= 11 is 6.14. The number of aldehydes is 1. The molecule has 3 radical (unpaired) electrons. The zero-order valence-corrected chi connectivity index (χ0v) is 16.9. The van der Waals surface area contributed by atoms with Gasteiger partial charge >= 0.3 is 29.6 Å². The van der Waals surface area contributed by atoms with Gasteiger partial charge in [0.15, 0.2) is 6.29 Å². The summed E-state index contributed by atoms with van der Waals surface area (Å²) in [6.07, 6.45) is 0.670. The molecule has 8 heteroatoms. The Labute approximate surface area is 169 Å². The van der Waals surface area contributed by atoms with E-state index >= 15 is 0 Å². The van der Waals surface area contributed by atoms with Gasteiger partial charge in [-0.1, -0.05) is 22.0 Å². The van der Waals surface area contributed by atoms with Gasteiger partial charge in [0, 0.05) is 22.9 Å². The van der Waals surface area contributed by atoms with Crippen LogP contribution in [-0.4, -0.2) is 19.8 Å². The van der Waals surface area contributed by atoms with E-state index in [2.05, 4.69) is 31.9 Å². The van der Waals surface area contributed by atoms with Crippen LogP contribution in [-0.2, 0) is 6.61 Å². The van der Waals surface area contributed by atoms with Gasteiger partial charge < -0.3 is 6.53 Å². The number of hydrogen-bond acceptors (Lipinski definition) is 2. The van der Waals surface area contributed by atoms with E-state index in [0.717, 1.165) is 0 Å². The molecule has 2 aromatic rings. The van der Waals surface area contributed by atoms with Crippen molar-refractivity contribution in [3.05, 3.63) is 68.1 Å². The molecule has 0 bridgehead atoms. The summed E-state index contributed by atoms with van der Waals surface area (Å²) in [6.45, 7) is -0.0686. The molecule has 0 aliphatic carbocycles. The average molecular weight is 443 g/mol. The molecule has 0 unspecified atom stereocenters. The van der Waals surface area contributed by atoms with Crippen LogP contribution in [0.25, 0.3) is 0 Å². The van der Waals surface area contributed by atoms with Crippen LogP contribution < -0.4 is 29.6 Å². The van der Waals surface area contributed by atoms with Crippen LogP contribution in [0, 0.1) is 11.6 Å². The first kappa shape index (κ1) is 24.2. The second kappa shape index (κ2) is 12.4. The molecule has 111 valence electrons. The quantitative estimate of drug-likeness (QED) is 0.561. The monoisotopic (exact) mass is 441 g/mol. The van der Waals surface area contributed by atoms with Crippen molar-refractivity contribution in [2.24, 2.45) is 0 Å². The van der Waals surface area contributed by atoms with Crippen molar-refractivity contribution >= 4 is 46.6 Å².